The number of rotatable bonds is 2. The fourth-order valence-corrected chi connectivity index (χ4v) is 4.01. The van der Waals surface area contributed by atoms with Crippen LogP contribution < -0.4 is 4.90 Å². The zero-order valence-corrected chi connectivity index (χ0v) is 15.9. The number of anilines is 1. The summed E-state index contributed by atoms with van der Waals surface area (Å²) in [6.45, 7) is 6.13. The van der Waals surface area contributed by atoms with Crippen LogP contribution in [0.1, 0.15) is 41.7 Å². The Morgan fingerprint density at radius 2 is 2.00 bits per heavy atom. The van der Waals surface area contributed by atoms with E-state index in [1.165, 1.54) is 6.07 Å². The molecule has 27 heavy (non-hydrogen) atoms. The van der Waals surface area contributed by atoms with Crippen LogP contribution in [0.2, 0.25) is 0 Å². The minimum absolute atomic E-state index is 0.0197. The largest absolute Gasteiger partial charge is 0.369 e. The van der Waals surface area contributed by atoms with Gasteiger partial charge in [-0.1, -0.05) is 0 Å². The summed E-state index contributed by atoms with van der Waals surface area (Å²) in [7, 11) is 1.81. The number of aromatic nitrogens is 3. The number of fused-ring (bicyclic) bond motifs is 1. The van der Waals surface area contributed by atoms with E-state index in [9.17, 15) is 9.18 Å². The number of pyridine rings is 1. The summed E-state index contributed by atoms with van der Waals surface area (Å²) in [5.41, 5.74) is 2.49. The van der Waals surface area contributed by atoms with Crippen LogP contribution in [0.4, 0.5) is 10.2 Å². The van der Waals surface area contributed by atoms with Crippen LogP contribution in [0.5, 0.6) is 0 Å². The molecule has 7 nitrogen and oxygen atoms in total. The summed E-state index contributed by atoms with van der Waals surface area (Å²) in [4.78, 5) is 21.0. The Balaban J connectivity index is 1.52. The number of carbonyl (C=O) groups is 1. The molecule has 1 amide bonds. The predicted molar refractivity (Wildman–Crippen MR) is 98.2 cm³/mol. The van der Waals surface area contributed by atoms with Gasteiger partial charge >= 0.3 is 0 Å². The van der Waals surface area contributed by atoms with Crippen molar-refractivity contribution in [2.75, 3.05) is 31.1 Å². The molecule has 4 heterocycles. The fourth-order valence-electron chi connectivity index (χ4n) is 4.01. The van der Waals surface area contributed by atoms with Gasteiger partial charge in [-0.2, -0.15) is 5.10 Å². The Hall–Kier alpha value is -2.48. The number of carbonyl (C=O) groups excluding carboxylic acids is 1. The molecule has 0 aliphatic carbocycles. The Labute approximate surface area is 157 Å². The summed E-state index contributed by atoms with van der Waals surface area (Å²) >= 11 is 0. The highest BCUT2D eigenvalue weighted by Crippen LogP contribution is 2.32. The number of ether oxygens (including phenoxy) is 1. The molecule has 1 fully saturated rings. The van der Waals surface area contributed by atoms with Crippen molar-refractivity contribution in [2.24, 2.45) is 7.05 Å². The number of nitrogens with zero attached hydrogens (tertiary/aromatic N) is 5. The Bertz CT molecular complexity index is 860. The van der Waals surface area contributed by atoms with E-state index in [0.717, 1.165) is 11.3 Å². The van der Waals surface area contributed by atoms with E-state index >= 15 is 0 Å². The maximum Gasteiger partial charge on any atom is 0.272 e. The normalized spacial score (nSPS) is 22.7. The summed E-state index contributed by atoms with van der Waals surface area (Å²) in [5, 5.41) is 4.53. The molecule has 0 spiro atoms. The lowest BCUT2D eigenvalue weighted by molar-refractivity contribution is -0.00714. The molecule has 0 radical (unpaired) electrons. The maximum atomic E-state index is 14.0. The number of hydrogen-bond donors (Lipinski definition) is 0. The average Bonchev–Trinajstić information content (AvgIpc) is 2.98. The second-order valence-electron chi connectivity index (χ2n) is 7.22. The lowest BCUT2D eigenvalue weighted by Gasteiger charge is -2.35. The number of halogens is 1. The molecule has 0 aromatic carbocycles. The van der Waals surface area contributed by atoms with Crippen molar-refractivity contribution in [3.8, 4) is 0 Å². The van der Waals surface area contributed by atoms with Crippen LogP contribution in [-0.2, 0) is 18.2 Å². The van der Waals surface area contributed by atoms with Gasteiger partial charge in [0.25, 0.3) is 5.91 Å². The molecular formula is C19H24FN5O2. The van der Waals surface area contributed by atoms with Crippen LogP contribution in [0, 0.1) is 5.82 Å². The van der Waals surface area contributed by atoms with Gasteiger partial charge < -0.3 is 14.5 Å². The molecule has 4 rings (SSSR count). The van der Waals surface area contributed by atoms with Crippen molar-refractivity contribution in [1.82, 2.24) is 19.7 Å². The Morgan fingerprint density at radius 1 is 1.26 bits per heavy atom. The summed E-state index contributed by atoms with van der Waals surface area (Å²) in [5.74, 6) is -0.00282. The Kier molecular flexibility index (Phi) is 4.59. The van der Waals surface area contributed by atoms with Gasteiger partial charge in [0.1, 0.15) is 5.69 Å². The highest BCUT2D eigenvalue weighted by molar-refractivity contribution is 5.94. The third-order valence-corrected chi connectivity index (χ3v) is 5.30. The summed E-state index contributed by atoms with van der Waals surface area (Å²) < 4.78 is 21.5. The standard InChI is InChI=1S/C19H24FN5O2/c1-12-11-14-16(13(2)27-12)22-23(3)17(14)19(26)25-9-7-24(8-10-25)18-15(20)5-4-6-21-18/h4-6,12-13H,7-11H2,1-3H3/t12-,13+/m1/s1. The first kappa shape index (κ1) is 17.9. The van der Waals surface area contributed by atoms with Crippen LogP contribution in [-0.4, -0.2) is 57.9 Å². The topological polar surface area (TPSA) is 63.5 Å². The SMILES string of the molecule is C[C@@H]1Cc2c(nn(C)c2C(=O)N2CCN(c3ncccc3F)CC2)[C@H](C)O1. The number of hydrogen-bond acceptors (Lipinski definition) is 5. The second-order valence-corrected chi connectivity index (χ2v) is 7.22. The molecule has 1 saturated heterocycles. The van der Waals surface area contributed by atoms with Crippen molar-refractivity contribution < 1.29 is 13.9 Å². The molecule has 2 aliphatic rings. The van der Waals surface area contributed by atoms with E-state index in [1.807, 2.05) is 30.7 Å². The lowest BCUT2D eigenvalue weighted by atomic mass is 9.99. The summed E-state index contributed by atoms with van der Waals surface area (Å²) in [6.07, 6.45) is 2.23. The summed E-state index contributed by atoms with van der Waals surface area (Å²) in [6, 6.07) is 2.99. The number of aryl methyl sites for hydroxylation is 1. The third kappa shape index (κ3) is 3.18. The lowest BCUT2D eigenvalue weighted by Crippen LogP contribution is -2.49. The molecule has 0 saturated carbocycles. The van der Waals surface area contributed by atoms with Crippen molar-refractivity contribution in [3.05, 3.63) is 41.1 Å². The van der Waals surface area contributed by atoms with Gasteiger partial charge in [-0.15, -0.1) is 0 Å². The van der Waals surface area contributed by atoms with Crippen molar-refractivity contribution in [1.29, 1.82) is 0 Å². The molecule has 0 bridgehead atoms. The van der Waals surface area contributed by atoms with Gasteiger partial charge in [-0.05, 0) is 26.0 Å². The monoisotopic (exact) mass is 373 g/mol. The van der Waals surface area contributed by atoms with Crippen LogP contribution in [0.3, 0.4) is 0 Å². The van der Waals surface area contributed by atoms with Crippen LogP contribution >= 0.6 is 0 Å². The molecule has 2 aliphatic heterocycles. The Morgan fingerprint density at radius 3 is 2.70 bits per heavy atom. The van der Waals surface area contributed by atoms with Gasteiger partial charge in [0, 0.05) is 51.4 Å². The van der Waals surface area contributed by atoms with Crippen LogP contribution in [0.25, 0.3) is 0 Å². The van der Waals surface area contributed by atoms with E-state index in [2.05, 4.69) is 10.1 Å². The van der Waals surface area contributed by atoms with E-state index < -0.39 is 0 Å². The molecule has 2 atom stereocenters. The first-order valence-corrected chi connectivity index (χ1v) is 9.31. The number of piperazine rings is 1. The third-order valence-electron chi connectivity index (χ3n) is 5.30. The second kappa shape index (κ2) is 6.92. The molecule has 2 aromatic rings. The van der Waals surface area contributed by atoms with Crippen molar-refractivity contribution in [3.63, 3.8) is 0 Å². The minimum Gasteiger partial charge on any atom is -0.369 e. The average molecular weight is 373 g/mol. The van der Waals surface area contributed by atoms with Crippen molar-refractivity contribution >= 4 is 11.7 Å². The molecule has 2 aromatic heterocycles. The first-order valence-electron chi connectivity index (χ1n) is 9.31. The van der Waals surface area contributed by atoms with Gasteiger partial charge in [-0.25, -0.2) is 9.37 Å². The highest BCUT2D eigenvalue weighted by atomic mass is 19.1. The van der Waals surface area contributed by atoms with E-state index in [0.29, 0.717) is 44.1 Å². The van der Waals surface area contributed by atoms with E-state index in [-0.39, 0.29) is 23.9 Å². The van der Waals surface area contributed by atoms with E-state index in [4.69, 9.17) is 4.74 Å². The van der Waals surface area contributed by atoms with Gasteiger partial charge in [0.2, 0.25) is 0 Å². The smallest absolute Gasteiger partial charge is 0.272 e. The quantitative estimate of drug-likeness (QED) is 0.805. The minimum atomic E-state index is -0.332. The molecule has 144 valence electrons. The molecule has 0 unspecified atom stereocenters. The van der Waals surface area contributed by atoms with Crippen LogP contribution in [0.15, 0.2) is 18.3 Å². The zero-order valence-electron chi connectivity index (χ0n) is 15.9. The van der Waals surface area contributed by atoms with Gasteiger partial charge in [0.15, 0.2) is 11.6 Å². The molecular weight excluding hydrogens is 349 g/mol. The van der Waals surface area contributed by atoms with Gasteiger partial charge in [0.05, 0.1) is 17.9 Å². The molecule has 8 heteroatoms. The van der Waals surface area contributed by atoms with Gasteiger partial charge in [-0.3, -0.25) is 9.48 Å². The van der Waals surface area contributed by atoms with E-state index in [1.54, 1.807) is 16.9 Å². The first-order chi connectivity index (χ1) is 13.0. The maximum absolute atomic E-state index is 14.0. The zero-order chi connectivity index (χ0) is 19.1. The predicted octanol–water partition coefficient (Wildman–Crippen LogP) is 1.94. The fraction of sp³-hybridized carbons (Fsp3) is 0.526. The molecule has 0 N–H and O–H groups in total. The number of amides is 1. The highest BCUT2D eigenvalue weighted by Gasteiger charge is 2.34. The van der Waals surface area contributed by atoms with Crippen molar-refractivity contribution in [2.45, 2.75) is 32.5 Å².